The number of esters is 1. The van der Waals surface area contributed by atoms with E-state index >= 15 is 0 Å². The van der Waals surface area contributed by atoms with Gasteiger partial charge in [-0.15, -0.1) is 0 Å². The van der Waals surface area contributed by atoms with E-state index in [0.29, 0.717) is 36.6 Å². The lowest BCUT2D eigenvalue weighted by atomic mass is 10.0. The Balaban J connectivity index is 2.01. The van der Waals surface area contributed by atoms with E-state index in [1.807, 2.05) is 12.1 Å². The largest absolute Gasteiger partial charge is 0.508 e. The molecule has 0 saturated heterocycles. The van der Waals surface area contributed by atoms with Crippen LogP contribution in [0.5, 0.6) is 11.5 Å². The van der Waals surface area contributed by atoms with Crippen molar-refractivity contribution in [2.75, 3.05) is 6.61 Å². The maximum atomic E-state index is 12.3. The Morgan fingerprint density at radius 3 is 2.32 bits per heavy atom. The summed E-state index contributed by atoms with van der Waals surface area (Å²) in [7, 11) is 0. The van der Waals surface area contributed by atoms with Crippen molar-refractivity contribution in [3.63, 3.8) is 0 Å². The van der Waals surface area contributed by atoms with Gasteiger partial charge in [0.2, 0.25) is 0 Å². The number of ether oxygens (including phenoxy) is 1. The van der Waals surface area contributed by atoms with Gasteiger partial charge in [0.05, 0.1) is 18.7 Å². The summed E-state index contributed by atoms with van der Waals surface area (Å²) in [6, 6.07) is 9.99. The molecule has 8 heteroatoms. The van der Waals surface area contributed by atoms with E-state index in [4.69, 9.17) is 17.0 Å². The summed E-state index contributed by atoms with van der Waals surface area (Å²) in [6.07, 6.45) is 1.69. The van der Waals surface area contributed by atoms with E-state index < -0.39 is 6.04 Å². The highest BCUT2D eigenvalue weighted by molar-refractivity contribution is 14.1. The van der Waals surface area contributed by atoms with Crippen LogP contribution >= 0.6 is 57.4 Å². The highest BCUT2D eigenvalue weighted by atomic mass is 127. The zero-order chi connectivity index (χ0) is 20.7. The molecule has 2 aromatic rings. The number of phenols is 2. The van der Waals surface area contributed by atoms with Gasteiger partial charge in [-0.25, -0.2) is 4.79 Å². The summed E-state index contributed by atoms with van der Waals surface area (Å²) in [6.45, 7) is 2.06. The third kappa shape index (κ3) is 7.03. The van der Waals surface area contributed by atoms with E-state index in [2.05, 4.69) is 50.5 Å². The number of carbonyl (C=O) groups excluding carboxylic acids is 1. The van der Waals surface area contributed by atoms with Crippen molar-refractivity contribution in [1.29, 1.82) is 0 Å². The Labute approximate surface area is 197 Å². The molecule has 1 unspecified atom stereocenters. The van der Waals surface area contributed by atoms with Crippen molar-refractivity contribution in [3.05, 3.63) is 54.7 Å². The minimum Gasteiger partial charge on any atom is -0.508 e. The fraction of sp³-hybridized carbons (Fsp3) is 0.300. The number of aryl methyl sites for hydroxylation is 1. The van der Waals surface area contributed by atoms with Gasteiger partial charge < -0.3 is 20.3 Å². The number of aromatic hydroxyl groups is 2. The molecule has 1 atom stereocenters. The molecule has 3 N–H and O–H groups in total. The molecular formula is C20H21I2NO4S. The first-order chi connectivity index (χ1) is 13.3. The average Bonchev–Trinajstić information content (AvgIpc) is 2.65. The Morgan fingerprint density at radius 1 is 1.14 bits per heavy atom. The number of hydrogen-bond acceptors (Lipinski definition) is 5. The summed E-state index contributed by atoms with van der Waals surface area (Å²) in [5.41, 5.74) is 1.97. The second kappa shape index (κ2) is 11.1. The van der Waals surface area contributed by atoms with Crippen LogP contribution in [-0.2, 0) is 22.4 Å². The molecule has 0 saturated carbocycles. The number of carbonyl (C=O) groups is 1. The first-order valence-electron chi connectivity index (χ1n) is 8.71. The lowest BCUT2D eigenvalue weighted by Crippen LogP contribution is -2.42. The molecule has 0 heterocycles. The van der Waals surface area contributed by atoms with Crippen LogP contribution in [0.25, 0.3) is 0 Å². The van der Waals surface area contributed by atoms with Gasteiger partial charge in [-0.05, 0) is 93.9 Å². The second-order valence-electron chi connectivity index (χ2n) is 6.15. The fourth-order valence-corrected chi connectivity index (χ4v) is 4.73. The van der Waals surface area contributed by atoms with Gasteiger partial charge in [-0.2, -0.15) is 0 Å². The van der Waals surface area contributed by atoms with E-state index in [0.717, 1.165) is 18.3 Å². The van der Waals surface area contributed by atoms with Crippen LogP contribution in [0.1, 0.15) is 24.5 Å². The minimum absolute atomic E-state index is 0.179. The first-order valence-corrected chi connectivity index (χ1v) is 11.3. The number of benzene rings is 2. The molecule has 150 valence electrons. The summed E-state index contributed by atoms with van der Waals surface area (Å²) >= 11 is 9.65. The molecule has 0 spiro atoms. The monoisotopic (exact) mass is 625 g/mol. The van der Waals surface area contributed by atoms with Gasteiger partial charge in [0.15, 0.2) is 0 Å². The third-order valence-electron chi connectivity index (χ3n) is 4.00. The summed E-state index contributed by atoms with van der Waals surface area (Å²) in [4.78, 5) is 12.9. The normalized spacial score (nSPS) is 11.7. The second-order valence-corrected chi connectivity index (χ2v) is 8.97. The summed E-state index contributed by atoms with van der Waals surface area (Å²) in [5, 5.41) is 22.4. The van der Waals surface area contributed by atoms with Gasteiger partial charge in [0, 0.05) is 12.8 Å². The molecule has 0 aliphatic carbocycles. The van der Waals surface area contributed by atoms with Crippen LogP contribution in [0.3, 0.4) is 0 Å². The Bertz CT molecular complexity index is 820. The predicted molar refractivity (Wildman–Crippen MR) is 130 cm³/mol. The molecule has 0 aliphatic rings. The van der Waals surface area contributed by atoms with Crippen molar-refractivity contribution >= 4 is 68.4 Å². The molecule has 0 radical (unpaired) electrons. The van der Waals surface area contributed by atoms with Crippen LogP contribution in [0, 0.1) is 7.14 Å². The standard InChI is InChI=1S/C20H21I2NO4S/c1-2-27-20(26)17(11-12-3-6-14(24)7-4-12)23-18(28)8-5-13-9-15(21)19(25)16(22)10-13/h3-4,6-7,9-10,17,24-25H,2,5,8,11H2,1H3,(H,23,28). The van der Waals surface area contributed by atoms with Gasteiger partial charge in [-0.3, -0.25) is 0 Å². The van der Waals surface area contributed by atoms with Gasteiger partial charge in [0.1, 0.15) is 17.5 Å². The maximum absolute atomic E-state index is 12.3. The van der Waals surface area contributed by atoms with Crippen molar-refractivity contribution in [3.8, 4) is 11.5 Å². The van der Waals surface area contributed by atoms with Crippen molar-refractivity contribution in [2.45, 2.75) is 32.2 Å². The molecule has 0 bridgehead atoms. The molecule has 28 heavy (non-hydrogen) atoms. The van der Waals surface area contributed by atoms with Gasteiger partial charge in [0.25, 0.3) is 0 Å². The maximum Gasteiger partial charge on any atom is 0.328 e. The molecule has 0 aliphatic heterocycles. The molecule has 0 aromatic heterocycles. The average molecular weight is 625 g/mol. The smallest absolute Gasteiger partial charge is 0.328 e. The van der Waals surface area contributed by atoms with Crippen LogP contribution in [-0.4, -0.2) is 33.8 Å². The van der Waals surface area contributed by atoms with E-state index in [9.17, 15) is 15.0 Å². The third-order valence-corrected chi connectivity index (χ3v) is 5.97. The number of phenolic OH excluding ortho intramolecular Hbond substituents is 2. The summed E-state index contributed by atoms with van der Waals surface area (Å²) < 4.78 is 6.77. The number of halogens is 2. The van der Waals surface area contributed by atoms with Crippen LogP contribution in [0.2, 0.25) is 0 Å². The van der Waals surface area contributed by atoms with Crippen molar-refractivity contribution in [1.82, 2.24) is 5.32 Å². The quantitative estimate of drug-likeness (QED) is 0.231. The molecule has 0 amide bonds. The Morgan fingerprint density at radius 2 is 1.75 bits per heavy atom. The van der Waals surface area contributed by atoms with Crippen LogP contribution < -0.4 is 5.32 Å². The fourth-order valence-electron chi connectivity index (χ4n) is 2.59. The zero-order valence-corrected chi connectivity index (χ0v) is 20.4. The van der Waals surface area contributed by atoms with Crippen molar-refractivity contribution in [2.24, 2.45) is 0 Å². The van der Waals surface area contributed by atoms with E-state index in [1.54, 1.807) is 31.2 Å². The summed E-state index contributed by atoms with van der Waals surface area (Å²) in [5.74, 6) is 0.117. The van der Waals surface area contributed by atoms with Crippen molar-refractivity contribution < 1.29 is 19.7 Å². The molecule has 0 fully saturated rings. The number of nitrogens with one attached hydrogen (secondary N) is 1. The zero-order valence-electron chi connectivity index (χ0n) is 15.2. The van der Waals surface area contributed by atoms with Crippen LogP contribution in [0.4, 0.5) is 0 Å². The SMILES string of the molecule is CCOC(=O)C(Cc1ccc(O)cc1)NC(=S)CCc1cc(I)c(O)c(I)c1. The van der Waals surface area contributed by atoms with Gasteiger partial charge in [-0.1, -0.05) is 24.4 Å². The molecular weight excluding hydrogens is 604 g/mol. The predicted octanol–water partition coefficient (Wildman–Crippen LogP) is 4.33. The molecule has 5 nitrogen and oxygen atoms in total. The van der Waals surface area contributed by atoms with E-state index in [-0.39, 0.29) is 11.7 Å². The lowest BCUT2D eigenvalue weighted by Gasteiger charge is -2.19. The Kier molecular flexibility index (Phi) is 9.22. The molecule has 2 aromatic carbocycles. The number of thiocarbonyl (C=S) groups is 1. The number of rotatable bonds is 8. The molecule has 2 rings (SSSR count). The van der Waals surface area contributed by atoms with E-state index in [1.165, 1.54) is 0 Å². The highest BCUT2D eigenvalue weighted by Crippen LogP contribution is 2.27. The highest BCUT2D eigenvalue weighted by Gasteiger charge is 2.21. The number of hydrogen-bond donors (Lipinski definition) is 3. The Hall–Kier alpha value is -1.14. The lowest BCUT2D eigenvalue weighted by molar-refractivity contribution is -0.145. The van der Waals surface area contributed by atoms with Crippen LogP contribution in [0.15, 0.2) is 36.4 Å². The van der Waals surface area contributed by atoms with Gasteiger partial charge >= 0.3 is 5.97 Å². The first kappa shape index (κ1) is 23.1. The topological polar surface area (TPSA) is 78.8 Å². The minimum atomic E-state index is -0.586.